The molecule has 0 saturated carbocycles. The Hall–Kier alpha value is -3.02. The van der Waals surface area contributed by atoms with Gasteiger partial charge >= 0.3 is 0 Å². The Morgan fingerprint density at radius 2 is 1.54 bits per heavy atom. The fraction of sp³-hybridized carbons (Fsp3) is 0.200. The van der Waals surface area contributed by atoms with Crippen molar-refractivity contribution >= 4 is 5.91 Å². The van der Waals surface area contributed by atoms with Crippen molar-refractivity contribution in [3.05, 3.63) is 82.7 Å². The summed E-state index contributed by atoms with van der Waals surface area (Å²) in [5, 5.41) is 4.43. The molecule has 26 heavy (non-hydrogen) atoms. The van der Waals surface area contributed by atoms with Crippen LogP contribution < -0.4 is 0 Å². The first kappa shape index (κ1) is 17.8. The van der Waals surface area contributed by atoms with Gasteiger partial charge in [0.15, 0.2) is 0 Å². The number of rotatable bonds is 4. The second-order valence-corrected chi connectivity index (χ2v) is 6.22. The highest BCUT2D eigenvalue weighted by atomic mass is 19.1. The lowest BCUT2D eigenvalue weighted by molar-refractivity contribution is 0.0783. The molecule has 0 spiro atoms. The molecule has 1 aromatic heterocycles. The molecule has 1 amide bonds. The number of halogens is 2. The van der Waals surface area contributed by atoms with E-state index < -0.39 is 0 Å². The average Bonchev–Trinajstić information content (AvgIpc) is 2.91. The van der Waals surface area contributed by atoms with Gasteiger partial charge in [-0.2, -0.15) is 5.10 Å². The minimum absolute atomic E-state index is 0.169. The van der Waals surface area contributed by atoms with Crippen LogP contribution in [-0.4, -0.2) is 27.6 Å². The molecule has 0 N–H and O–H groups in total. The molecule has 0 saturated heterocycles. The molecule has 134 valence electrons. The van der Waals surface area contributed by atoms with Crippen LogP contribution in [0.3, 0.4) is 0 Å². The average molecular weight is 355 g/mol. The summed E-state index contributed by atoms with van der Waals surface area (Å²) in [7, 11) is 1.69. The Morgan fingerprint density at radius 3 is 2.12 bits per heavy atom. The summed E-state index contributed by atoms with van der Waals surface area (Å²) in [4.78, 5) is 14.5. The minimum atomic E-state index is -0.328. The van der Waals surface area contributed by atoms with Gasteiger partial charge in [-0.25, -0.2) is 13.5 Å². The maximum Gasteiger partial charge on any atom is 0.257 e. The number of nitrogens with zero attached hydrogens (tertiary/aromatic N) is 3. The zero-order chi connectivity index (χ0) is 18.8. The molecule has 0 atom stereocenters. The Morgan fingerprint density at radius 1 is 1.00 bits per heavy atom. The molecule has 0 aliphatic rings. The molecule has 0 fully saturated rings. The summed E-state index contributed by atoms with van der Waals surface area (Å²) in [6.45, 7) is 3.94. The van der Waals surface area contributed by atoms with Gasteiger partial charge < -0.3 is 4.90 Å². The van der Waals surface area contributed by atoms with E-state index in [9.17, 15) is 13.6 Å². The molecule has 0 aliphatic heterocycles. The number of aromatic nitrogens is 2. The number of carbonyl (C=O) groups is 1. The van der Waals surface area contributed by atoms with E-state index in [4.69, 9.17) is 0 Å². The van der Waals surface area contributed by atoms with E-state index in [2.05, 4.69) is 5.10 Å². The predicted molar refractivity (Wildman–Crippen MR) is 95.2 cm³/mol. The van der Waals surface area contributed by atoms with E-state index in [1.54, 1.807) is 47.8 Å². The Bertz CT molecular complexity index is 931. The molecule has 0 radical (unpaired) electrons. The lowest BCUT2D eigenvalue weighted by Gasteiger charge is -2.17. The van der Waals surface area contributed by atoms with Gasteiger partial charge in [-0.3, -0.25) is 4.79 Å². The monoisotopic (exact) mass is 355 g/mol. The van der Waals surface area contributed by atoms with Gasteiger partial charge in [-0.05, 0) is 55.8 Å². The van der Waals surface area contributed by atoms with Crippen molar-refractivity contribution in [2.75, 3.05) is 7.05 Å². The standard InChI is InChI=1S/C20H19F2N3O/c1-13-19(14(2)25(23-13)18-10-8-17(22)9-11-18)20(26)24(3)12-15-4-6-16(21)7-5-15/h4-11H,12H2,1-3H3. The molecule has 1 heterocycles. The van der Waals surface area contributed by atoms with Gasteiger partial charge in [0, 0.05) is 13.6 Å². The summed E-state index contributed by atoms with van der Waals surface area (Å²) in [6.07, 6.45) is 0. The van der Waals surface area contributed by atoms with Crippen LogP contribution in [0.25, 0.3) is 5.69 Å². The molecule has 6 heteroatoms. The number of hydrogen-bond donors (Lipinski definition) is 0. The Labute approximate surface area is 150 Å². The molecule has 0 bridgehead atoms. The van der Waals surface area contributed by atoms with E-state index in [1.807, 2.05) is 6.92 Å². The quantitative estimate of drug-likeness (QED) is 0.708. The highest BCUT2D eigenvalue weighted by Crippen LogP contribution is 2.20. The predicted octanol–water partition coefficient (Wildman–Crippen LogP) is 4.04. The highest BCUT2D eigenvalue weighted by Gasteiger charge is 2.22. The van der Waals surface area contributed by atoms with Crippen LogP contribution in [0, 0.1) is 25.5 Å². The fourth-order valence-corrected chi connectivity index (χ4v) is 2.91. The largest absolute Gasteiger partial charge is 0.337 e. The lowest BCUT2D eigenvalue weighted by Crippen LogP contribution is -2.27. The third-order valence-electron chi connectivity index (χ3n) is 4.26. The first-order valence-corrected chi connectivity index (χ1v) is 8.19. The number of benzene rings is 2. The summed E-state index contributed by atoms with van der Waals surface area (Å²) < 4.78 is 27.8. The number of aryl methyl sites for hydroxylation is 1. The van der Waals surface area contributed by atoms with E-state index in [1.165, 1.54) is 24.3 Å². The van der Waals surface area contributed by atoms with Crippen molar-refractivity contribution in [1.29, 1.82) is 0 Å². The van der Waals surface area contributed by atoms with Crippen molar-refractivity contribution in [2.24, 2.45) is 0 Å². The smallest absolute Gasteiger partial charge is 0.257 e. The van der Waals surface area contributed by atoms with Crippen molar-refractivity contribution in [1.82, 2.24) is 14.7 Å². The normalized spacial score (nSPS) is 10.8. The molecule has 3 aromatic rings. The lowest BCUT2D eigenvalue weighted by atomic mass is 10.1. The SMILES string of the molecule is Cc1nn(-c2ccc(F)cc2)c(C)c1C(=O)N(C)Cc1ccc(F)cc1. The van der Waals surface area contributed by atoms with Crippen molar-refractivity contribution in [2.45, 2.75) is 20.4 Å². The molecule has 4 nitrogen and oxygen atoms in total. The maximum absolute atomic E-state index is 13.1. The first-order valence-electron chi connectivity index (χ1n) is 8.19. The molecule has 3 rings (SSSR count). The van der Waals surface area contributed by atoms with E-state index in [-0.39, 0.29) is 17.5 Å². The van der Waals surface area contributed by atoms with E-state index >= 15 is 0 Å². The highest BCUT2D eigenvalue weighted by molar-refractivity contribution is 5.96. The number of amides is 1. The van der Waals surface area contributed by atoms with E-state index in [0.29, 0.717) is 29.2 Å². The summed E-state index contributed by atoms with van der Waals surface area (Å²) in [6, 6.07) is 12.0. The van der Waals surface area contributed by atoms with Gasteiger partial charge in [-0.1, -0.05) is 12.1 Å². The van der Waals surface area contributed by atoms with Gasteiger partial charge in [0.1, 0.15) is 11.6 Å². The van der Waals surface area contributed by atoms with Gasteiger partial charge in [-0.15, -0.1) is 0 Å². The molecule has 0 unspecified atom stereocenters. The molecular formula is C20H19F2N3O. The summed E-state index contributed by atoms with van der Waals surface area (Å²) in [5.41, 5.74) is 3.32. The van der Waals surface area contributed by atoms with Crippen LogP contribution >= 0.6 is 0 Å². The van der Waals surface area contributed by atoms with Crippen LogP contribution in [0.15, 0.2) is 48.5 Å². The fourth-order valence-electron chi connectivity index (χ4n) is 2.91. The number of hydrogen-bond acceptors (Lipinski definition) is 2. The maximum atomic E-state index is 13.1. The van der Waals surface area contributed by atoms with Gasteiger partial charge in [0.05, 0.1) is 22.6 Å². The molecular weight excluding hydrogens is 336 g/mol. The second kappa shape index (κ2) is 7.07. The Balaban J connectivity index is 1.87. The minimum Gasteiger partial charge on any atom is -0.337 e. The van der Waals surface area contributed by atoms with Crippen LogP contribution in [0.1, 0.15) is 27.3 Å². The van der Waals surface area contributed by atoms with Crippen molar-refractivity contribution < 1.29 is 13.6 Å². The third-order valence-corrected chi connectivity index (χ3v) is 4.26. The summed E-state index contributed by atoms with van der Waals surface area (Å²) >= 11 is 0. The van der Waals surface area contributed by atoms with Crippen LogP contribution in [0.4, 0.5) is 8.78 Å². The van der Waals surface area contributed by atoms with E-state index in [0.717, 1.165) is 5.56 Å². The molecule has 0 aliphatic carbocycles. The second-order valence-electron chi connectivity index (χ2n) is 6.22. The van der Waals surface area contributed by atoms with Gasteiger partial charge in [0.2, 0.25) is 0 Å². The zero-order valence-electron chi connectivity index (χ0n) is 14.8. The Kier molecular flexibility index (Phi) is 4.84. The zero-order valence-corrected chi connectivity index (χ0v) is 14.8. The van der Waals surface area contributed by atoms with Gasteiger partial charge in [0.25, 0.3) is 5.91 Å². The van der Waals surface area contributed by atoms with Crippen LogP contribution in [-0.2, 0) is 6.54 Å². The number of carbonyl (C=O) groups excluding carboxylic acids is 1. The third kappa shape index (κ3) is 3.49. The van der Waals surface area contributed by atoms with Crippen LogP contribution in [0.5, 0.6) is 0 Å². The van der Waals surface area contributed by atoms with Crippen LogP contribution in [0.2, 0.25) is 0 Å². The first-order chi connectivity index (χ1) is 12.4. The molecule has 2 aromatic carbocycles. The van der Waals surface area contributed by atoms with Crippen molar-refractivity contribution in [3.63, 3.8) is 0 Å². The topological polar surface area (TPSA) is 38.1 Å². The van der Waals surface area contributed by atoms with Crippen molar-refractivity contribution in [3.8, 4) is 5.69 Å². The summed E-state index contributed by atoms with van der Waals surface area (Å²) in [5.74, 6) is -0.807.